The highest BCUT2D eigenvalue weighted by Gasteiger charge is 2.23. The summed E-state index contributed by atoms with van der Waals surface area (Å²) in [4.78, 5) is 13.5. The molecule has 1 aromatic rings. The minimum atomic E-state index is -0.0558. The largest absolute Gasteiger partial charge is 0.385 e. The van der Waals surface area contributed by atoms with E-state index in [0.29, 0.717) is 11.7 Å². The van der Waals surface area contributed by atoms with Crippen LogP contribution in [0.4, 0.5) is 11.4 Å². The van der Waals surface area contributed by atoms with Crippen molar-refractivity contribution in [3.63, 3.8) is 0 Å². The standard InChI is InChI=1S/C13H17N3O2S/c1-18-8-4-7-14-13(19)16-9-12(17)15-10-5-2-3-6-11(10)16/h2-3,5-6H,4,7-9H2,1H3,(H,14,19)(H,15,17). The fourth-order valence-electron chi connectivity index (χ4n) is 1.92. The normalized spacial score (nSPS) is 13.7. The number of carbonyl (C=O) groups excluding carboxylic acids is 1. The van der Waals surface area contributed by atoms with Crippen LogP contribution in [0, 0.1) is 0 Å². The van der Waals surface area contributed by atoms with E-state index in [1.807, 2.05) is 29.2 Å². The predicted octanol–water partition coefficient (Wildman–Crippen LogP) is 1.36. The van der Waals surface area contributed by atoms with E-state index >= 15 is 0 Å². The van der Waals surface area contributed by atoms with Gasteiger partial charge in [-0.25, -0.2) is 0 Å². The lowest BCUT2D eigenvalue weighted by Gasteiger charge is -2.31. The molecule has 0 aliphatic carbocycles. The zero-order chi connectivity index (χ0) is 13.7. The number of rotatable bonds is 4. The molecule has 0 atom stereocenters. The van der Waals surface area contributed by atoms with Gasteiger partial charge in [-0.15, -0.1) is 0 Å². The van der Waals surface area contributed by atoms with Crippen LogP contribution < -0.4 is 15.5 Å². The SMILES string of the molecule is COCCCNC(=S)N1CC(=O)Nc2ccccc21. The summed E-state index contributed by atoms with van der Waals surface area (Å²) in [6.45, 7) is 1.66. The minimum absolute atomic E-state index is 0.0558. The van der Waals surface area contributed by atoms with Crippen LogP contribution in [0.15, 0.2) is 24.3 Å². The number of hydrogen-bond donors (Lipinski definition) is 2. The predicted molar refractivity (Wildman–Crippen MR) is 79.5 cm³/mol. The monoisotopic (exact) mass is 279 g/mol. The van der Waals surface area contributed by atoms with Crippen molar-refractivity contribution in [1.29, 1.82) is 0 Å². The van der Waals surface area contributed by atoms with E-state index < -0.39 is 0 Å². The van der Waals surface area contributed by atoms with Gasteiger partial charge in [-0.2, -0.15) is 0 Å². The molecule has 0 bridgehead atoms. The lowest BCUT2D eigenvalue weighted by atomic mass is 10.2. The molecule has 19 heavy (non-hydrogen) atoms. The maximum atomic E-state index is 11.7. The minimum Gasteiger partial charge on any atom is -0.385 e. The van der Waals surface area contributed by atoms with Gasteiger partial charge in [0.2, 0.25) is 5.91 Å². The van der Waals surface area contributed by atoms with Crippen molar-refractivity contribution >= 4 is 34.6 Å². The fourth-order valence-corrected chi connectivity index (χ4v) is 2.19. The molecular weight excluding hydrogens is 262 g/mol. The zero-order valence-corrected chi connectivity index (χ0v) is 11.6. The summed E-state index contributed by atoms with van der Waals surface area (Å²) >= 11 is 5.35. The molecule has 2 rings (SSSR count). The van der Waals surface area contributed by atoms with Gasteiger partial charge in [0.1, 0.15) is 6.54 Å². The van der Waals surface area contributed by atoms with Crippen LogP contribution in [0.2, 0.25) is 0 Å². The van der Waals surface area contributed by atoms with Gasteiger partial charge >= 0.3 is 0 Å². The summed E-state index contributed by atoms with van der Waals surface area (Å²) in [5, 5.41) is 6.55. The topological polar surface area (TPSA) is 53.6 Å². The Morgan fingerprint density at radius 1 is 1.53 bits per heavy atom. The number of methoxy groups -OCH3 is 1. The molecule has 0 aromatic heterocycles. The Balaban J connectivity index is 2.03. The maximum absolute atomic E-state index is 11.7. The van der Waals surface area contributed by atoms with Crippen LogP contribution in [-0.2, 0) is 9.53 Å². The first-order chi connectivity index (χ1) is 9.22. The van der Waals surface area contributed by atoms with Crippen LogP contribution in [0.25, 0.3) is 0 Å². The second-order valence-electron chi connectivity index (χ2n) is 4.23. The molecule has 102 valence electrons. The van der Waals surface area contributed by atoms with Crippen LogP contribution in [0.1, 0.15) is 6.42 Å². The van der Waals surface area contributed by atoms with E-state index in [4.69, 9.17) is 17.0 Å². The number of para-hydroxylation sites is 2. The third-order valence-corrected chi connectivity index (χ3v) is 3.18. The van der Waals surface area contributed by atoms with Crippen molar-refractivity contribution in [2.75, 3.05) is 37.0 Å². The van der Waals surface area contributed by atoms with Crippen molar-refractivity contribution in [2.24, 2.45) is 0 Å². The van der Waals surface area contributed by atoms with E-state index in [0.717, 1.165) is 24.3 Å². The van der Waals surface area contributed by atoms with E-state index in [9.17, 15) is 4.79 Å². The lowest BCUT2D eigenvalue weighted by Crippen LogP contribution is -2.47. The quantitative estimate of drug-likeness (QED) is 0.644. The van der Waals surface area contributed by atoms with Crippen LogP contribution >= 0.6 is 12.2 Å². The summed E-state index contributed by atoms with van der Waals surface area (Å²) in [6, 6.07) is 7.62. The molecule has 0 spiro atoms. The molecule has 2 N–H and O–H groups in total. The Morgan fingerprint density at radius 3 is 3.11 bits per heavy atom. The first-order valence-electron chi connectivity index (χ1n) is 6.15. The fraction of sp³-hybridized carbons (Fsp3) is 0.385. The van der Waals surface area contributed by atoms with Gasteiger partial charge in [0, 0.05) is 20.3 Å². The maximum Gasteiger partial charge on any atom is 0.244 e. The van der Waals surface area contributed by atoms with Gasteiger partial charge in [0.05, 0.1) is 11.4 Å². The first kappa shape index (κ1) is 13.8. The Hall–Kier alpha value is -1.66. The van der Waals surface area contributed by atoms with Gasteiger partial charge in [0.25, 0.3) is 0 Å². The van der Waals surface area contributed by atoms with Crippen LogP contribution in [0.3, 0.4) is 0 Å². The van der Waals surface area contributed by atoms with Crippen LogP contribution in [-0.4, -0.2) is 37.8 Å². The summed E-state index contributed by atoms with van der Waals surface area (Å²) in [7, 11) is 1.67. The lowest BCUT2D eigenvalue weighted by molar-refractivity contribution is -0.115. The van der Waals surface area contributed by atoms with Gasteiger partial charge in [-0.1, -0.05) is 12.1 Å². The Morgan fingerprint density at radius 2 is 2.32 bits per heavy atom. The molecular formula is C13H17N3O2S. The second kappa shape index (κ2) is 6.49. The van der Waals surface area contributed by atoms with Crippen LogP contribution in [0.5, 0.6) is 0 Å². The highest BCUT2D eigenvalue weighted by molar-refractivity contribution is 7.80. The number of nitrogens with zero attached hydrogens (tertiary/aromatic N) is 1. The van der Waals surface area contributed by atoms with Gasteiger partial charge < -0.3 is 20.3 Å². The number of hydrogen-bond acceptors (Lipinski definition) is 3. The van der Waals surface area contributed by atoms with Gasteiger partial charge in [-0.3, -0.25) is 4.79 Å². The number of amides is 1. The number of anilines is 2. The van der Waals surface area contributed by atoms with Crippen molar-refractivity contribution in [3.05, 3.63) is 24.3 Å². The number of benzene rings is 1. The third-order valence-electron chi connectivity index (χ3n) is 2.82. The number of thiocarbonyl (C=S) groups is 1. The van der Waals surface area contributed by atoms with Crippen molar-refractivity contribution in [3.8, 4) is 0 Å². The Kier molecular flexibility index (Phi) is 4.70. The number of ether oxygens (including phenoxy) is 1. The average Bonchev–Trinajstić information content (AvgIpc) is 2.42. The first-order valence-corrected chi connectivity index (χ1v) is 6.56. The average molecular weight is 279 g/mol. The molecule has 0 radical (unpaired) electrons. The second-order valence-corrected chi connectivity index (χ2v) is 4.62. The van der Waals surface area contributed by atoms with Crippen molar-refractivity contribution in [1.82, 2.24) is 5.32 Å². The Bertz CT molecular complexity index is 479. The third kappa shape index (κ3) is 3.42. The zero-order valence-electron chi connectivity index (χ0n) is 10.8. The molecule has 0 fully saturated rings. The molecule has 0 saturated carbocycles. The summed E-state index contributed by atoms with van der Waals surface area (Å²) in [5.41, 5.74) is 1.71. The molecule has 0 unspecified atom stereocenters. The molecule has 1 heterocycles. The van der Waals surface area contributed by atoms with Gasteiger partial charge in [-0.05, 0) is 30.8 Å². The molecule has 6 heteroatoms. The Labute approximate surface area is 117 Å². The molecule has 0 saturated heterocycles. The highest BCUT2D eigenvalue weighted by atomic mass is 32.1. The number of fused-ring (bicyclic) bond motifs is 1. The van der Waals surface area contributed by atoms with E-state index in [1.54, 1.807) is 7.11 Å². The smallest absolute Gasteiger partial charge is 0.244 e. The highest BCUT2D eigenvalue weighted by Crippen LogP contribution is 2.28. The van der Waals surface area contributed by atoms with E-state index in [-0.39, 0.29) is 12.5 Å². The summed E-state index contributed by atoms with van der Waals surface area (Å²) in [6.07, 6.45) is 0.873. The van der Waals surface area contributed by atoms with Gasteiger partial charge in [0.15, 0.2) is 5.11 Å². The molecule has 1 aromatic carbocycles. The molecule has 1 aliphatic rings. The molecule has 1 aliphatic heterocycles. The van der Waals surface area contributed by atoms with Crippen molar-refractivity contribution in [2.45, 2.75) is 6.42 Å². The molecule has 5 nitrogen and oxygen atoms in total. The summed E-state index contributed by atoms with van der Waals surface area (Å²) < 4.78 is 4.98. The number of carbonyl (C=O) groups is 1. The van der Waals surface area contributed by atoms with Crippen molar-refractivity contribution < 1.29 is 9.53 Å². The summed E-state index contributed by atoms with van der Waals surface area (Å²) in [5.74, 6) is -0.0558. The molecule has 1 amide bonds. The van der Waals surface area contributed by atoms with E-state index in [1.165, 1.54) is 0 Å². The number of nitrogens with one attached hydrogen (secondary N) is 2. The van der Waals surface area contributed by atoms with E-state index in [2.05, 4.69) is 10.6 Å².